The van der Waals surface area contributed by atoms with Crippen LogP contribution in [0, 0.1) is 5.92 Å². The van der Waals surface area contributed by atoms with E-state index in [2.05, 4.69) is 27.7 Å². The van der Waals surface area contributed by atoms with E-state index in [1.807, 2.05) is 36.4 Å². The Bertz CT molecular complexity index is 874. The molecular weight excluding hydrogens is 471 g/mol. The molecule has 0 aliphatic heterocycles. The number of hydrogen-bond acceptors (Lipinski definition) is 4. The van der Waals surface area contributed by atoms with Crippen molar-refractivity contribution < 1.29 is 19.0 Å². The molecule has 0 N–H and O–H groups in total. The van der Waals surface area contributed by atoms with E-state index in [4.69, 9.17) is 49.0 Å². The van der Waals surface area contributed by atoms with Crippen LogP contribution in [-0.4, -0.2) is 31.2 Å². The Labute approximate surface area is 206 Å². The summed E-state index contributed by atoms with van der Waals surface area (Å²) in [7, 11) is 0. The zero-order valence-corrected chi connectivity index (χ0v) is 21.5. The lowest BCUT2D eigenvalue weighted by molar-refractivity contribution is -0.146. The second-order valence-corrected chi connectivity index (χ2v) is 9.56. The van der Waals surface area contributed by atoms with Crippen LogP contribution in [0.5, 0.6) is 11.5 Å². The van der Waals surface area contributed by atoms with Crippen LogP contribution < -0.4 is 9.47 Å². The summed E-state index contributed by atoms with van der Waals surface area (Å²) in [6.07, 6.45) is 0.534. The maximum Gasteiger partial charge on any atom is 0.303 e. The first-order chi connectivity index (χ1) is 15.1. The van der Waals surface area contributed by atoms with Crippen molar-refractivity contribution in [3.05, 3.63) is 57.6 Å². The second kappa shape index (κ2) is 12.0. The molecule has 0 aromatic heterocycles. The molecule has 2 rings (SSSR count). The standard InChI is InChI=1S/C25H31Cl3O4/c1-6-16(2)14-31-24-22(27)11-19(12-23(24)28)25(4,5)18-7-9-20(10-8-18)30-15-21(13-26)32-17(3)29/h7-12,16,21H,6,13-15H2,1-5H3. The highest BCUT2D eigenvalue weighted by atomic mass is 35.5. The lowest BCUT2D eigenvalue weighted by Crippen LogP contribution is -2.25. The average Bonchev–Trinajstić information content (AvgIpc) is 2.75. The lowest BCUT2D eigenvalue weighted by Gasteiger charge is -2.27. The molecule has 0 aliphatic rings. The summed E-state index contributed by atoms with van der Waals surface area (Å²) in [6, 6.07) is 11.6. The molecule has 32 heavy (non-hydrogen) atoms. The molecule has 176 valence electrons. The SMILES string of the molecule is CCC(C)COc1c(Cl)cc(C(C)(C)c2ccc(OCC(CCl)OC(C)=O)cc2)cc1Cl. The van der Waals surface area contributed by atoms with Crippen LogP contribution in [0.25, 0.3) is 0 Å². The van der Waals surface area contributed by atoms with Crippen molar-refractivity contribution in [1.82, 2.24) is 0 Å². The molecule has 0 spiro atoms. The molecule has 0 radical (unpaired) electrons. The molecule has 2 aromatic rings. The Morgan fingerprint density at radius 2 is 1.59 bits per heavy atom. The Morgan fingerprint density at radius 3 is 2.09 bits per heavy atom. The molecule has 0 amide bonds. The summed E-state index contributed by atoms with van der Waals surface area (Å²) in [5, 5.41) is 1.00. The summed E-state index contributed by atoms with van der Waals surface area (Å²) in [6.45, 7) is 10.6. The first-order valence-corrected chi connectivity index (χ1v) is 12.0. The highest BCUT2D eigenvalue weighted by Crippen LogP contribution is 2.41. The molecule has 0 aliphatic carbocycles. The molecule has 0 heterocycles. The Morgan fingerprint density at radius 1 is 1.00 bits per heavy atom. The third kappa shape index (κ3) is 7.19. The van der Waals surface area contributed by atoms with E-state index in [1.54, 1.807) is 0 Å². The number of alkyl halides is 1. The fourth-order valence-electron chi connectivity index (χ4n) is 3.07. The molecule has 0 bridgehead atoms. The predicted octanol–water partition coefficient (Wildman–Crippen LogP) is 7.29. The van der Waals surface area contributed by atoms with E-state index in [9.17, 15) is 4.79 Å². The third-order valence-corrected chi connectivity index (χ3v) is 6.35. The minimum absolute atomic E-state index is 0.170. The van der Waals surface area contributed by atoms with Crippen LogP contribution in [0.1, 0.15) is 52.2 Å². The quantitative estimate of drug-likeness (QED) is 0.239. The highest BCUT2D eigenvalue weighted by molar-refractivity contribution is 6.37. The first kappa shape index (κ1) is 26.6. The molecule has 7 heteroatoms. The Kier molecular flexibility index (Phi) is 10.00. The smallest absolute Gasteiger partial charge is 0.303 e. The number of rotatable bonds is 11. The molecular formula is C25H31Cl3O4. The second-order valence-electron chi connectivity index (χ2n) is 8.44. The summed E-state index contributed by atoms with van der Waals surface area (Å²) >= 11 is 18.9. The number of esters is 1. The zero-order valence-electron chi connectivity index (χ0n) is 19.2. The number of ether oxygens (including phenoxy) is 3. The van der Waals surface area contributed by atoms with Crippen LogP contribution in [0.4, 0.5) is 0 Å². The summed E-state index contributed by atoms with van der Waals surface area (Å²) in [4.78, 5) is 11.1. The fourth-order valence-corrected chi connectivity index (χ4v) is 3.82. The van der Waals surface area contributed by atoms with Crippen LogP contribution >= 0.6 is 34.8 Å². The van der Waals surface area contributed by atoms with Crippen molar-refractivity contribution in [2.24, 2.45) is 5.92 Å². The van der Waals surface area contributed by atoms with Gasteiger partial charge >= 0.3 is 5.97 Å². The van der Waals surface area contributed by atoms with Crippen LogP contribution in [0.3, 0.4) is 0 Å². The van der Waals surface area contributed by atoms with Crippen molar-refractivity contribution in [2.45, 2.75) is 52.6 Å². The van der Waals surface area contributed by atoms with Gasteiger partial charge in [0.15, 0.2) is 5.75 Å². The predicted molar refractivity (Wildman–Crippen MR) is 132 cm³/mol. The average molecular weight is 502 g/mol. The molecule has 2 unspecified atom stereocenters. The topological polar surface area (TPSA) is 44.8 Å². The van der Waals surface area contributed by atoms with Crippen molar-refractivity contribution in [3.63, 3.8) is 0 Å². The molecule has 0 saturated carbocycles. The Hall–Kier alpha value is -1.62. The molecule has 2 atom stereocenters. The van der Waals surface area contributed by atoms with Gasteiger partial charge in [-0.2, -0.15) is 0 Å². The van der Waals surface area contributed by atoms with Crippen molar-refractivity contribution in [2.75, 3.05) is 19.1 Å². The number of carbonyl (C=O) groups is 1. The van der Waals surface area contributed by atoms with Gasteiger partial charge < -0.3 is 14.2 Å². The van der Waals surface area contributed by atoms with Crippen molar-refractivity contribution in [1.29, 1.82) is 0 Å². The maximum absolute atomic E-state index is 11.1. The largest absolute Gasteiger partial charge is 0.490 e. The molecule has 0 fully saturated rings. The van der Waals surface area contributed by atoms with Gasteiger partial charge in [0.1, 0.15) is 18.5 Å². The van der Waals surface area contributed by atoms with E-state index in [-0.39, 0.29) is 23.9 Å². The van der Waals surface area contributed by atoms with Gasteiger partial charge in [0, 0.05) is 12.3 Å². The zero-order chi connectivity index (χ0) is 23.9. The summed E-state index contributed by atoms with van der Waals surface area (Å²) < 4.78 is 16.7. The van der Waals surface area contributed by atoms with Crippen LogP contribution in [0.15, 0.2) is 36.4 Å². The van der Waals surface area contributed by atoms with Gasteiger partial charge in [-0.25, -0.2) is 0 Å². The van der Waals surface area contributed by atoms with Gasteiger partial charge in [-0.1, -0.05) is 69.5 Å². The van der Waals surface area contributed by atoms with E-state index in [0.29, 0.717) is 34.1 Å². The van der Waals surface area contributed by atoms with Crippen LogP contribution in [-0.2, 0) is 14.9 Å². The monoisotopic (exact) mass is 500 g/mol. The van der Waals surface area contributed by atoms with Gasteiger partial charge in [0.05, 0.1) is 22.5 Å². The van der Waals surface area contributed by atoms with Gasteiger partial charge in [0.2, 0.25) is 0 Å². The number of carbonyl (C=O) groups excluding carboxylic acids is 1. The first-order valence-electron chi connectivity index (χ1n) is 10.7. The third-order valence-electron chi connectivity index (χ3n) is 5.45. The van der Waals surface area contributed by atoms with Crippen molar-refractivity contribution >= 4 is 40.8 Å². The molecule has 2 aromatic carbocycles. The number of hydrogen-bond donors (Lipinski definition) is 0. The minimum atomic E-state index is -0.490. The van der Waals surface area contributed by atoms with Crippen LogP contribution in [0.2, 0.25) is 10.0 Å². The molecule has 4 nitrogen and oxygen atoms in total. The van der Waals surface area contributed by atoms with Gasteiger partial charge in [-0.05, 0) is 41.3 Å². The van der Waals surface area contributed by atoms with E-state index >= 15 is 0 Å². The van der Waals surface area contributed by atoms with E-state index in [1.165, 1.54) is 6.92 Å². The van der Waals surface area contributed by atoms with E-state index in [0.717, 1.165) is 17.5 Å². The number of halogens is 3. The lowest BCUT2D eigenvalue weighted by atomic mass is 9.78. The Balaban J connectivity index is 2.14. The summed E-state index contributed by atoms with van der Waals surface area (Å²) in [5.41, 5.74) is 1.70. The minimum Gasteiger partial charge on any atom is -0.490 e. The molecule has 0 saturated heterocycles. The van der Waals surface area contributed by atoms with Gasteiger partial charge in [-0.3, -0.25) is 4.79 Å². The van der Waals surface area contributed by atoms with E-state index < -0.39 is 6.10 Å². The number of benzene rings is 2. The van der Waals surface area contributed by atoms with Gasteiger partial charge in [-0.15, -0.1) is 11.6 Å². The maximum atomic E-state index is 11.1. The highest BCUT2D eigenvalue weighted by Gasteiger charge is 2.26. The fraction of sp³-hybridized carbons (Fsp3) is 0.480. The normalized spacial score (nSPS) is 13.4. The summed E-state index contributed by atoms with van der Waals surface area (Å²) in [5.74, 6) is 1.40. The van der Waals surface area contributed by atoms with Crippen molar-refractivity contribution in [3.8, 4) is 11.5 Å². The van der Waals surface area contributed by atoms with Gasteiger partial charge in [0.25, 0.3) is 0 Å².